The second-order valence-electron chi connectivity index (χ2n) is 5.42. The van der Waals surface area contributed by atoms with Crippen LogP contribution in [0.4, 0.5) is 0 Å². The summed E-state index contributed by atoms with van der Waals surface area (Å²) in [5.74, 6) is 0. The van der Waals surface area contributed by atoms with Crippen LogP contribution in [0.15, 0.2) is 22.7 Å². The lowest BCUT2D eigenvalue weighted by Crippen LogP contribution is -2.16. The van der Waals surface area contributed by atoms with Gasteiger partial charge in [-0.25, -0.2) is 0 Å². The average Bonchev–Trinajstić information content (AvgIpc) is 2.45. The molecule has 1 unspecified atom stereocenters. The Bertz CT molecular complexity index is 381. The van der Waals surface area contributed by atoms with Crippen LogP contribution >= 0.6 is 27.5 Å². The largest absolute Gasteiger partial charge is 0.313 e. The Morgan fingerprint density at radius 1 is 1.10 bits per heavy atom. The Kier molecular flexibility index (Phi) is 9.58. The van der Waals surface area contributed by atoms with E-state index in [1.807, 2.05) is 19.2 Å². The lowest BCUT2D eigenvalue weighted by molar-refractivity contribution is 0.496. The van der Waals surface area contributed by atoms with Crippen molar-refractivity contribution in [3.05, 3.63) is 33.3 Å². The summed E-state index contributed by atoms with van der Waals surface area (Å²) in [6, 6.07) is 6.45. The van der Waals surface area contributed by atoms with Gasteiger partial charge in [-0.05, 0) is 37.2 Å². The predicted octanol–water partition coefficient (Wildman–Crippen LogP) is 6.50. The zero-order chi connectivity index (χ0) is 14.8. The first-order valence-corrected chi connectivity index (χ1v) is 8.98. The number of rotatable bonds is 10. The zero-order valence-electron chi connectivity index (χ0n) is 12.7. The smallest absolute Gasteiger partial charge is 0.0454 e. The van der Waals surface area contributed by atoms with E-state index in [4.69, 9.17) is 11.6 Å². The molecule has 0 aliphatic carbocycles. The monoisotopic (exact) mass is 359 g/mol. The summed E-state index contributed by atoms with van der Waals surface area (Å²) >= 11 is 9.83. The summed E-state index contributed by atoms with van der Waals surface area (Å²) in [6.07, 6.45) is 10.6. The quantitative estimate of drug-likeness (QED) is 0.469. The first kappa shape index (κ1) is 18.0. The van der Waals surface area contributed by atoms with E-state index in [2.05, 4.69) is 34.2 Å². The third-order valence-electron chi connectivity index (χ3n) is 3.78. The molecule has 0 amide bonds. The zero-order valence-corrected chi connectivity index (χ0v) is 15.1. The molecule has 1 atom stereocenters. The maximum absolute atomic E-state index is 6.31. The maximum atomic E-state index is 6.31. The third kappa shape index (κ3) is 6.60. The molecule has 1 rings (SSSR count). The molecule has 114 valence electrons. The van der Waals surface area contributed by atoms with Gasteiger partial charge in [-0.1, -0.05) is 79.4 Å². The van der Waals surface area contributed by atoms with E-state index in [1.54, 1.807) is 0 Å². The van der Waals surface area contributed by atoms with Gasteiger partial charge >= 0.3 is 0 Å². The molecule has 1 aromatic carbocycles. The number of hydrogen-bond donors (Lipinski definition) is 1. The molecule has 0 radical (unpaired) electrons. The summed E-state index contributed by atoms with van der Waals surface area (Å²) in [4.78, 5) is 0. The fourth-order valence-corrected chi connectivity index (χ4v) is 3.17. The van der Waals surface area contributed by atoms with E-state index >= 15 is 0 Å². The molecule has 3 heteroatoms. The van der Waals surface area contributed by atoms with E-state index in [9.17, 15) is 0 Å². The fraction of sp³-hybridized carbons (Fsp3) is 0.647. The summed E-state index contributed by atoms with van der Waals surface area (Å²) in [5, 5.41) is 4.25. The number of halogens is 2. The Hall–Kier alpha value is -0.0500. The van der Waals surface area contributed by atoms with Crippen LogP contribution in [0.2, 0.25) is 5.02 Å². The lowest BCUT2D eigenvalue weighted by Gasteiger charge is -2.18. The lowest BCUT2D eigenvalue weighted by atomic mass is 9.99. The molecule has 0 spiro atoms. The average molecular weight is 361 g/mol. The predicted molar refractivity (Wildman–Crippen MR) is 93.6 cm³/mol. The molecule has 0 aromatic heterocycles. The van der Waals surface area contributed by atoms with Gasteiger partial charge in [0.15, 0.2) is 0 Å². The molecule has 0 fully saturated rings. The normalized spacial score (nSPS) is 12.6. The summed E-state index contributed by atoms with van der Waals surface area (Å²) in [6.45, 7) is 2.26. The number of hydrogen-bond acceptors (Lipinski definition) is 1. The summed E-state index contributed by atoms with van der Waals surface area (Å²) in [7, 11) is 2.02. The van der Waals surface area contributed by atoms with Gasteiger partial charge in [-0.2, -0.15) is 0 Å². The summed E-state index contributed by atoms with van der Waals surface area (Å²) < 4.78 is 1.09. The highest BCUT2D eigenvalue weighted by Gasteiger charge is 2.12. The summed E-state index contributed by atoms with van der Waals surface area (Å²) in [5.41, 5.74) is 1.20. The van der Waals surface area contributed by atoms with Crippen LogP contribution in [0.1, 0.15) is 69.9 Å². The molecule has 0 bridgehead atoms. The van der Waals surface area contributed by atoms with Crippen molar-refractivity contribution in [3.63, 3.8) is 0 Å². The number of unbranched alkanes of at least 4 members (excludes halogenated alkanes) is 6. The number of benzene rings is 1. The fourth-order valence-electron chi connectivity index (χ4n) is 2.54. The maximum Gasteiger partial charge on any atom is 0.0454 e. The van der Waals surface area contributed by atoms with Crippen LogP contribution in [-0.4, -0.2) is 7.05 Å². The molecule has 1 aromatic rings. The van der Waals surface area contributed by atoms with Crippen LogP contribution < -0.4 is 5.32 Å². The molecular weight excluding hydrogens is 334 g/mol. The van der Waals surface area contributed by atoms with Crippen LogP contribution in [-0.2, 0) is 0 Å². The van der Waals surface area contributed by atoms with Gasteiger partial charge in [0.05, 0.1) is 0 Å². The molecule has 0 aliphatic rings. The van der Waals surface area contributed by atoms with Crippen LogP contribution in [0.25, 0.3) is 0 Å². The van der Waals surface area contributed by atoms with Crippen molar-refractivity contribution in [1.82, 2.24) is 5.32 Å². The van der Waals surface area contributed by atoms with Crippen LogP contribution in [0.3, 0.4) is 0 Å². The molecule has 0 saturated carbocycles. The van der Waals surface area contributed by atoms with Gasteiger partial charge in [0.25, 0.3) is 0 Å². The van der Waals surface area contributed by atoms with E-state index in [0.29, 0.717) is 6.04 Å². The van der Waals surface area contributed by atoms with Crippen molar-refractivity contribution in [2.45, 2.75) is 64.3 Å². The third-order valence-corrected chi connectivity index (χ3v) is 4.62. The van der Waals surface area contributed by atoms with Crippen molar-refractivity contribution in [2.75, 3.05) is 7.05 Å². The van der Waals surface area contributed by atoms with Gasteiger partial charge in [0, 0.05) is 15.5 Å². The SMILES string of the molecule is CCCCCCCCCC(NC)c1cc(Br)ccc1Cl. The highest BCUT2D eigenvalue weighted by Crippen LogP contribution is 2.29. The van der Waals surface area contributed by atoms with Crippen LogP contribution in [0, 0.1) is 0 Å². The van der Waals surface area contributed by atoms with Gasteiger partial charge in [-0.3, -0.25) is 0 Å². The highest BCUT2D eigenvalue weighted by atomic mass is 79.9. The standard InChI is InChI=1S/C17H27BrClN/c1-3-4-5-6-7-8-9-10-17(20-2)15-13-14(18)11-12-16(15)19/h11-13,17,20H,3-10H2,1-2H3. The van der Waals surface area contributed by atoms with Crippen molar-refractivity contribution in [3.8, 4) is 0 Å². The van der Waals surface area contributed by atoms with E-state index in [0.717, 1.165) is 15.9 Å². The molecule has 1 nitrogen and oxygen atoms in total. The van der Waals surface area contributed by atoms with E-state index < -0.39 is 0 Å². The minimum Gasteiger partial charge on any atom is -0.313 e. The Balaban J connectivity index is 2.34. The molecule has 1 N–H and O–H groups in total. The topological polar surface area (TPSA) is 12.0 Å². The first-order chi connectivity index (χ1) is 9.69. The van der Waals surface area contributed by atoms with Crippen molar-refractivity contribution >= 4 is 27.5 Å². The van der Waals surface area contributed by atoms with Gasteiger partial charge < -0.3 is 5.32 Å². The van der Waals surface area contributed by atoms with Gasteiger partial charge in [-0.15, -0.1) is 0 Å². The Labute approximate surface area is 137 Å². The minimum absolute atomic E-state index is 0.357. The Morgan fingerprint density at radius 3 is 2.40 bits per heavy atom. The van der Waals surface area contributed by atoms with Gasteiger partial charge in [0.1, 0.15) is 0 Å². The van der Waals surface area contributed by atoms with Crippen molar-refractivity contribution in [1.29, 1.82) is 0 Å². The number of nitrogens with one attached hydrogen (secondary N) is 1. The van der Waals surface area contributed by atoms with Crippen molar-refractivity contribution in [2.24, 2.45) is 0 Å². The molecule has 20 heavy (non-hydrogen) atoms. The Morgan fingerprint density at radius 2 is 1.75 bits per heavy atom. The molecule has 0 saturated heterocycles. The minimum atomic E-state index is 0.357. The molecule has 0 heterocycles. The first-order valence-electron chi connectivity index (χ1n) is 7.81. The molecule has 0 aliphatic heterocycles. The van der Waals surface area contributed by atoms with Crippen LogP contribution in [0.5, 0.6) is 0 Å². The van der Waals surface area contributed by atoms with E-state index in [-0.39, 0.29) is 0 Å². The molecular formula is C17H27BrClN. The highest BCUT2D eigenvalue weighted by molar-refractivity contribution is 9.10. The van der Waals surface area contributed by atoms with Gasteiger partial charge in [0.2, 0.25) is 0 Å². The second-order valence-corrected chi connectivity index (χ2v) is 6.74. The second kappa shape index (κ2) is 10.6. The van der Waals surface area contributed by atoms with Crippen molar-refractivity contribution < 1.29 is 0 Å². The van der Waals surface area contributed by atoms with E-state index in [1.165, 1.54) is 50.5 Å².